The highest BCUT2D eigenvalue weighted by Gasteiger charge is 2.11. The summed E-state index contributed by atoms with van der Waals surface area (Å²) in [6, 6.07) is 7.86. The molecular weight excluding hydrogens is 422 g/mol. The minimum Gasteiger partial charge on any atom is -0.493 e. The van der Waals surface area contributed by atoms with Crippen LogP contribution in [0.25, 0.3) is 17.2 Å². The molecule has 0 saturated carbocycles. The second-order valence-electron chi connectivity index (χ2n) is 8.39. The summed E-state index contributed by atoms with van der Waals surface area (Å²) >= 11 is 1.65. The maximum atomic E-state index is 12.0. The summed E-state index contributed by atoms with van der Waals surface area (Å²) in [5.74, 6) is 0.411. The monoisotopic (exact) mass is 457 g/mol. The Balaban J connectivity index is 2.01. The number of ether oxygens (including phenoxy) is 1. The van der Waals surface area contributed by atoms with E-state index >= 15 is 0 Å². The lowest BCUT2D eigenvalue weighted by Crippen LogP contribution is -2.21. The van der Waals surface area contributed by atoms with Gasteiger partial charge in [0.2, 0.25) is 0 Å². The van der Waals surface area contributed by atoms with Crippen LogP contribution in [0.5, 0.6) is 5.75 Å². The molecule has 1 aromatic heterocycles. The Hall–Kier alpha value is -2.44. The fourth-order valence-corrected chi connectivity index (χ4v) is 4.06. The van der Waals surface area contributed by atoms with Gasteiger partial charge in [-0.05, 0) is 47.1 Å². The van der Waals surface area contributed by atoms with Crippen molar-refractivity contribution >= 4 is 29.2 Å². The number of carboxylic acids is 1. The van der Waals surface area contributed by atoms with Gasteiger partial charge in [0.15, 0.2) is 0 Å². The number of unbranched alkanes of at least 4 members (excludes halogenated alkanes) is 3. The second kappa shape index (κ2) is 13.9. The van der Waals surface area contributed by atoms with Gasteiger partial charge in [-0.25, -0.2) is 4.79 Å². The fourth-order valence-electron chi connectivity index (χ4n) is 3.20. The van der Waals surface area contributed by atoms with Crippen LogP contribution >= 0.6 is 11.3 Å². The molecule has 0 unspecified atom stereocenters. The molecule has 0 saturated heterocycles. The van der Waals surface area contributed by atoms with E-state index in [1.165, 1.54) is 12.8 Å². The van der Waals surface area contributed by atoms with Crippen molar-refractivity contribution in [1.82, 2.24) is 5.32 Å². The SMILES string of the molecule is CCCCCCC(=O)CNCc1cc(-c2ccc(C=CC(=O)O)cc2OCC(C)C)cs1. The largest absolute Gasteiger partial charge is 0.493 e. The first-order valence-electron chi connectivity index (χ1n) is 11.4. The Kier molecular flexibility index (Phi) is 11.2. The van der Waals surface area contributed by atoms with Gasteiger partial charge in [0, 0.05) is 29.5 Å². The van der Waals surface area contributed by atoms with E-state index in [4.69, 9.17) is 9.84 Å². The molecule has 0 bridgehead atoms. The van der Waals surface area contributed by atoms with Crippen LogP contribution in [0.4, 0.5) is 0 Å². The number of rotatable bonds is 15. The van der Waals surface area contributed by atoms with Gasteiger partial charge in [0.25, 0.3) is 0 Å². The Morgan fingerprint density at radius 3 is 2.72 bits per heavy atom. The van der Waals surface area contributed by atoms with Crippen LogP contribution in [-0.4, -0.2) is 30.0 Å². The Morgan fingerprint density at radius 1 is 1.19 bits per heavy atom. The highest BCUT2D eigenvalue weighted by molar-refractivity contribution is 7.10. The van der Waals surface area contributed by atoms with Crippen LogP contribution in [0.1, 0.15) is 63.3 Å². The molecule has 1 aromatic carbocycles. The standard InChI is InChI=1S/C26H35NO4S/c1-4-5-6-7-8-22(28)15-27-16-23-14-21(18-32-23)24-11-9-20(10-12-26(29)30)13-25(24)31-17-19(2)3/h9-14,18-19,27H,4-8,15-17H2,1-3H3,(H,29,30). The van der Waals surface area contributed by atoms with Crippen LogP contribution in [0.2, 0.25) is 0 Å². The summed E-state index contributed by atoms with van der Waals surface area (Å²) in [4.78, 5) is 24.0. The van der Waals surface area contributed by atoms with Crippen molar-refractivity contribution in [2.45, 2.75) is 59.4 Å². The van der Waals surface area contributed by atoms with E-state index in [1.54, 1.807) is 17.4 Å². The Labute approximate surface area is 195 Å². The Bertz CT molecular complexity index is 901. The molecule has 2 N–H and O–H groups in total. The van der Waals surface area contributed by atoms with Crippen molar-refractivity contribution in [1.29, 1.82) is 0 Å². The fraction of sp³-hybridized carbons (Fsp3) is 0.462. The smallest absolute Gasteiger partial charge is 0.328 e. The van der Waals surface area contributed by atoms with E-state index in [0.717, 1.165) is 46.2 Å². The molecule has 0 atom stereocenters. The highest BCUT2D eigenvalue weighted by Crippen LogP contribution is 2.34. The number of carboxylic acid groups (broad SMARTS) is 1. The minimum atomic E-state index is -0.979. The number of ketones is 1. The van der Waals surface area contributed by atoms with E-state index < -0.39 is 5.97 Å². The van der Waals surface area contributed by atoms with Gasteiger partial charge in [-0.1, -0.05) is 52.2 Å². The van der Waals surface area contributed by atoms with Crippen LogP contribution in [0.3, 0.4) is 0 Å². The van der Waals surface area contributed by atoms with Crippen LogP contribution in [0, 0.1) is 5.92 Å². The summed E-state index contributed by atoms with van der Waals surface area (Å²) in [6.07, 6.45) is 7.83. The predicted octanol–water partition coefficient (Wildman–Crippen LogP) is 6.18. The third kappa shape index (κ3) is 9.37. The maximum Gasteiger partial charge on any atom is 0.328 e. The van der Waals surface area contributed by atoms with Crippen LogP contribution < -0.4 is 10.1 Å². The highest BCUT2D eigenvalue weighted by atomic mass is 32.1. The van der Waals surface area contributed by atoms with E-state index in [9.17, 15) is 9.59 Å². The first-order valence-corrected chi connectivity index (χ1v) is 12.2. The first-order chi connectivity index (χ1) is 15.4. The average Bonchev–Trinajstić information content (AvgIpc) is 3.22. The lowest BCUT2D eigenvalue weighted by Gasteiger charge is -2.13. The molecular formula is C26H35NO4S. The molecule has 174 valence electrons. The summed E-state index contributed by atoms with van der Waals surface area (Å²) in [5.41, 5.74) is 2.82. The van der Waals surface area contributed by atoms with E-state index in [2.05, 4.69) is 37.5 Å². The van der Waals surface area contributed by atoms with Crippen molar-refractivity contribution in [2.75, 3.05) is 13.2 Å². The van der Waals surface area contributed by atoms with Crippen LogP contribution in [-0.2, 0) is 16.1 Å². The molecule has 0 fully saturated rings. The van der Waals surface area contributed by atoms with Crippen molar-refractivity contribution < 1.29 is 19.4 Å². The third-order valence-electron chi connectivity index (χ3n) is 4.89. The molecule has 0 amide bonds. The summed E-state index contributed by atoms with van der Waals surface area (Å²) in [5, 5.41) is 14.2. The number of carbonyl (C=O) groups is 2. The third-order valence-corrected chi connectivity index (χ3v) is 5.83. The molecule has 32 heavy (non-hydrogen) atoms. The Morgan fingerprint density at radius 2 is 2.00 bits per heavy atom. The molecule has 6 heteroatoms. The number of aliphatic carboxylic acids is 1. The maximum absolute atomic E-state index is 12.0. The molecule has 5 nitrogen and oxygen atoms in total. The van der Waals surface area contributed by atoms with E-state index in [1.807, 2.05) is 18.2 Å². The lowest BCUT2D eigenvalue weighted by molar-refractivity contribution is -0.131. The number of hydrogen-bond acceptors (Lipinski definition) is 5. The van der Waals surface area contributed by atoms with Gasteiger partial charge in [0.05, 0.1) is 13.2 Å². The summed E-state index contributed by atoms with van der Waals surface area (Å²) < 4.78 is 6.04. The van der Waals surface area contributed by atoms with Gasteiger partial charge >= 0.3 is 5.97 Å². The van der Waals surface area contributed by atoms with E-state index in [0.29, 0.717) is 32.0 Å². The lowest BCUT2D eigenvalue weighted by atomic mass is 10.0. The van der Waals surface area contributed by atoms with Crippen molar-refractivity contribution in [3.8, 4) is 16.9 Å². The molecule has 0 spiro atoms. The van der Waals surface area contributed by atoms with Crippen molar-refractivity contribution in [3.63, 3.8) is 0 Å². The first kappa shape index (κ1) is 25.8. The van der Waals surface area contributed by atoms with Gasteiger partial charge in [-0.3, -0.25) is 4.79 Å². The van der Waals surface area contributed by atoms with Gasteiger partial charge < -0.3 is 15.2 Å². The molecule has 2 aromatic rings. The van der Waals surface area contributed by atoms with Crippen molar-refractivity contribution in [2.24, 2.45) is 5.92 Å². The van der Waals surface area contributed by atoms with Gasteiger partial charge in [0.1, 0.15) is 11.5 Å². The van der Waals surface area contributed by atoms with Crippen LogP contribution in [0.15, 0.2) is 35.7 Å². The van der Waals surface area contributed by atoms with Crippen molar-refractivity contribution in [3.05, 3.63) is 46.2 Å². The average molecular weight is 458 g/mol. The molecule has 1 heterocycles. The summed E-state index contributed by atoms with van der Waals surface area (Å²) in [7, 11) is 0. The number of carbonyl (C=O) groups excluding carboxylic acids is 1. The van der Waals surface area contributed by atoms with Gasteiger partial charge in [-0.2, -0.15) is 0 Å². The second-order valence-corrected chi connectivity index (χ2v) is 9.38. The molecule has 0 aliphatic heterocycles. The number of nitrogens with one attached hydrogen (secondary N) is 1. The number of Topliss-reactive ketones (excluding diaryl/α,β-unsaturated/α-hetero) is 1. The quantitative estimate of drug-likeness (QED) is 0.247. The topological polar surface area (TPSA) is 75.6 Å². The van der Waals surface area contributed by atoms with Gasteiger partial charge in [-0.15, -0.1) is 11.3 Å². The van der Waals surface area contributed by atoms with E-state index in [-0.39, 0.29) is 5.78 Å². The number of hydrogen-bond donors (Lipinski definition) is 2. The molecule has 0 aliphatic rings. The molecule has 0 aliphatic carbocycles. The zero-order valence-corrected chi connectivity index (χ0v) is 20.2. The normalized spacial score (nSPS) is 11.4. The molecule has 2 rings (SSSR count). The zero-order chi connectivity index (χ0) is 23.3. The number of thiophene rings is 1. The predicted molar refractivity (Wildman–Crippen MR) is 132 cm³/mol. The minimum absolute atomic E-state index is 0.271. The number of benzene rings is 1. The summed E-state index contributed by atoms with van der Waals surface area (Å²) in [6.45, 7) is 8.00. The molecule has 0 radical (unpaired) electrons. The zero-order valence-electron chi connectivity index (χ0n) is 19.4.